The van der Waals surface area contributed by atoms with Gasteiger partial charge in [0.15, 0.2) is 0 Å². The second-order valence-corrected chi connectivity index (χ2v) is 3.83. The number of hydrogen-bond acceptors (Lipinski definition) is 3. The average Bonchev–Trinajstić information content (AvgIpc) is 2.49. The highest BCUT2D eigenvalue weighted by Gasteiger charge is 2.12. The topological polar surface area (TPSA) is 38.9 Å². The maximum Gasteiger partial charge on any atom is 0.228 e. The average molecular weight is 202 g/mol. The highest BCUT2D eigenvalue weighted by atomic mass is 16.3. The van der Waals surface area contributed by atoms with Crippen molar-refractivity contribution < 1.29 is 4.42 Å². The number of aromatic nitrogens is 2. The van der Waals surface area contributed by atoms with Crippen LogP contribution in [0.25, 0.3) is 11.5 Å². The Bertz CT molecular complexity index is 477. The van der Waals surface area contributed by atoms with E-state index in [1.807, 2.05) is 26.8 Å². The van der Waals surface area contributed by atoms with Crippen LogP contribution in [0.15, 0.2) is 16.7 Å². The van der Waals surface area contributed by atoms with Gasteiger partial charge in [-0.3, -0.25) is 4.98 Å². The summed E-state index contributed by atoms with van der Waals surface area (Å²) in [4.78, 5) is 8.75. The molecule has 0 spiro atoms. The summed E-state index contributed by atoms with van der Waals surface area (Å²) in [5.41, 5.74) is 5.05. The molecule has 0 aliphatic carbocycles. The lowest BCUT2D eigenvalue weighted by atomic mass is 10.1. The minimum Gasteiger partial charge on any atom is -0.444 e. The van der Waals surface area contributed by atoms with Crippen LogP contribution in [-0.4, -0.2) is 9.97 Å². The first-order valence-electron chi connectivity index (χ1n) is 4.95. The summed E-state index contributed by atoms with van der Waals surface area (Å²) >= 11 is 0. The van der Waals surface area contributed by atoms with E-state index in [2.05, 4.69) is 16.9 Å². The second kappa shape index (κ2) is 3.50. The van der Waals surface area contributed by atoms with E-state index in [9.17, 15) is 0 Å². The summed E-state index contributed by atoms with van der Waals surface area (Å²) < 4.78 is 5.40. The van der Waals surface area contributed by atoms with E-state index in [4.69, 9.17) is 4.42 Å². The molecule has 15 heavy (non-hydrogen) atoms. The zero-order valence-corrected chi connectivity index (χ0v) is 9.46. The molecule has 0 fully saturated rings. The third-order valence-corrected chi connectivity index (χ3v) is 2.36. The molecule has 0 saturated carbocycles. The molecule has 0 unspecified atom stereocenters. The Labute approximate surface area is 89.2 Å². The molecule has 2 rings (SSSR count). The fourth-order valence-corrected chi connectivity index (χ4v) is 1.82. The minimum absolute atomic E-state index is 0.662. The molecule has 3 heteroatoms. The third kappa shape index (κ3) is 1.77. The van der Waals surface area contributed by atoms with E-state index in [0.29, 0.717) is 5.89 Å². The van der Waals surface area contributed by atoms with Crippen molar-refractivity contribution in [2.45, 2.75) is 27.7 Å². The highest BCUT2D eigenvalue weighted by molar-refractivity contribution is 5.61. The molecular weight excluding hydrogens is 188 g/mol. The lowest BCUT2D eigenvalue weighted by Gasteiger charge is -2.06. The molecule has 3 nitrogen and oxygen atoms in total. The Morgan fingerprint density at radius 1 is 1.00 bits per heavy atom. The van der Waals surface area contributed by atoms with Crippen LogP contribution in [0, 0.1) is 27.7 Å². The molecule has 0 atom stereocenters. The van der Waals surface area contributed by atoms with Crippen molar-refractivity contribution in [1.82, 2.24) is 9.97 Å². The van der Waals surface area contributed by atoms with Crippen molar-refractivity contribution in [2.24, 2.45) is 0 Å². The van der Waals surface area contributed by atoms with Crippen molar-refractivity contribution in [2.75, 3.05) is 0 Å². The van der Waals surface area contributed by atoms with Crippen LogP contribution in [-0.2, 0) is 0 Å². The van der Waals surface area contributed by atoms with Gasteiger partial charge in [0.1, 0.15) is 6.26 Å². The number of nitrogens with zero attached hydrogens (tertiary/aromatic N) is 2. The third-order valence-electron chi connectivity index (χ3n) is 2.36. The largest absolute Gasteiger partial charge is 0.444 e. The van der Waals surface area contributed by atoms with Crippen LogP contribution in [0.1, 0.15) is 22.6 Å². The first-order valence-corrected chi connectivity index (χ1v) is 4.95. The Kier molecular flexibility index (Phi) is 2.31. The zero-order valence-electron chi connectivity index (χ0n) is 9.46. The molecule has 2 aromatic heterocycles. The predicted octanol–water partition coefficient (Wildman–Crippen LogP) is 2.97. The van der Waals surface area contributed by atoms with Gasteiger partial charge >= 0.3 is 0 Å². The summed E-state index contributed by atoms with van der Waals surface area (Å²) in [6.07, 6.45) is 1.66. The molecule has 0 radical (unpaired) electrons. The molecule has 0 saturated heterocycles. The van der Waals surface area contributed by atoms with Crippen molar-refractivity contribution in [1.29, 1.82) is 0 Å². The van der Waals surface area contributed by atoms with E-state index in [1.165, 1.54) is 0 Å². The summed E-state index contributed by atoms with van der Waals surface area (Å²) in [5.74, 6) is 0.662. The Balaban J connectivity index is 2.62. The SMILES string of the molecule is Cc1coc(-c2c(C)cc(C)nc2C)n1. The zero-order chi connectivity index (χ0) is 11.0. The molecule has 2 aromatic rings. The van der Waals surface area contributed by atoms with Gasteiger partial charge in [0.05, 0.1) is 17.0 Å². The van der Waals surface area contributed by atoms with E-state index >= 15 is 0 Å². The lowest BCUT2D eigenvalue weighted by Crippen LogP contribution is -1.94. The predicted molar refractivity (Wildman–Crippen MR) is 58.7 cm³/mol. The van der Waals surface area contributed by atoms with E-state index < -0.39 is 0 Å². The fourth-order valence-electron chi connectivity index (χ4n) is 1.82. The van der Waals surface area contributed by atoms with Gasteiger partial charge < -0.3 is 4.42 Å². The summed E-state index contributed by atoms with van der Waals surface area (Å²) in [7, 11) is 0. The Morgan fingerprint density at radius 3 is 2.27 bits per heavy atom. The van der Waals surface area contributed by atoms with Crippen molar-refractivity contribution in [3.8, 4) is 11.5 Å². The van der Waals surface area contributed by atoms with Gasteiger partial charge in [0.2, 0.25) is 5.89 Å². The van der Waals surface area contributed by atoms with Crippen molar-refractivity contribution in [3.63, 3.8) is 0 Å². The molecule has 0 amide bonds. The van der Waals surface area contributed by atoms with Gasteiger partial charge in [-0.05, 0) is 39.3 Å². The van der Waals surface area contributed by atoms with E-state index in [-0.39, 0.29) is 0 Å². The fraction of sp³-hybridized carbons (Fsp3) is 0.333. The van der Waals surface area contributed by atoms with Gasteiger partial charge in [0, 0.05) is 5.69 Å². The van der Waals surface area contributed by atoms with Crippen molar-refractivity contribution >= 4 is 0 Å². The molecule has 0 aliphatic heterocycles. The van der Waals surface area contributed by atoms with Crippen LogP contribution in [0.4, 0.5) is 0 Å². The normalized spacial score (nSPS) is 10.7. The molecule has 0 aromatic carbocycles. The maximum absolute atomic E-state index is 5.40. The number of hydrogen-bond donors (Lipinski definition) is 0. The molecule has 0 aliphatic rings. The van der Waals surface area contributed by atoms with Gasteiger partial charge in [-0.2, -0.15) is 0 Å². The van der Waals surface area contributed by atoms with Crippen LogP contribution in [0.5, 0.6) is 0 Å². The second-order valence-electron chi connectivity index (χ2n) is 3.83. The van der Waals surface area contributed by atoms with Gasteiger partial charge in [-0.15, -0.1) is 0 Å². The number of pyridine rings is 1. The maximum atomic E-state index is 5.40. The van der Waals surface area contributed by atoms with E-state index in [1.54, 1.807) is 6.26 Å². The number of aryl methyl sites for hydroxylation is 4. The summed E-state index contributed by atoms with van der Waals surface area (Å²) in [6.45, 7) is 7.94. The number of oxazole rings is 1. The van der Waals surface area contributed by atoms with E-state index in [0.717, 1.165) is 28.2 Å². The quantitative estimate of drug-likeness (QED) is 0.713. The molecule has 0 bridgehead atoms. The summed E-state index contributed by atoms with van der Waals surface area (Å²) in [6, 6.07) is 2.04. The lowest BCUT2D eigenvalue weighted by molar-refractivity contribution is 0.572. The molecular formula is C12H14N2O. The monoisotopic (exact) mass is 202 g/mol. The molecule has 2 heterocycles. The number of rotatable bonds is 1. The Morgan fingerprint density at radius 2 is 1.73 bits per heavy atom. The van der Waals surface area contributed by atoms with Crippen LogP contribution in [0.3, 0.4) is 0 Å². The molecule has 78 valence electrons. The van der Waals surface area contributed by atoms with Crippen LogP contribution < -0.4 is 0 Å². The minimum atomic E-state index is 0.662. The van der Waals surface area contributed by atoms with Gasteiger partial charge in [0.25, 0.3) is 0 Å². The van der Waals surface area contributed by atoms with Crippen LogP contribution >= 0.6 is 0 Å². The smallest absolute Gasteiger partial charge is 0.228 e. The Hall–Kier alpha value is -1.64. The standard InChI is InChI=1S/C12H14N2O/c1-7-5-8(2)13-10(4)11(7)12-14-9(3)6-15-12/h5-6H,1-4H3. The van der Waals surface area contributed by atoms with Crippen molar-refractivity contribution in [3.05, 3.63) is 35.0 Å². The first kappa shape index (κ1) is 9.90. The molecule has 0 N–H and O–H groups in total. The van der Waals surface area contributed by atoms with Crippen LogP contribution in [0.2, 0.25) is 0 Å². The highest BCUT2D eigenvalue weighted by Crippen LogP contribution is 2.25. The first-order chi connectivity index (χ1) is 7.08. The van der Waals surface area contributed by atoms with Gasteiger partial charge in [-0.25, -0.2) is 4.98 Å². The summed E-state index contributed by atoms with van der Waals surface area (Å²) in [5, 5.41) is 0. The van der Waals surface area contributed by atoms with Gasteiger partial charge in [-0.1, -0.05) is 0 Å².